The predicted molar refractivity (Wildman–Crippen MR) is 105 cm³/mol. The van der Waals surface area contributed by atoms with E-state index < -0.39 is 0 Å². The van der Waals surface area contributed by atoms with Gasteiger partial charge in [0.25, 0.3) is 5.91 Å². The SMILES string of the molecule is CC(N=C(C(=O)N[C@@H](C)c1ccccc1)C(C)(C)C)c1ccccc1. The van der Waals surface area contributed by atoms with Crippen molar-refractivity contribution in [3.8, 4) is 0 Å². The summed E-state index contributed by atoms with van der Waals surface area (Å²) < 4.78 is 0. The average Bonchev–Trinajstić information content (AvgIpc) is 2.59. The van der Waals surface area contributed by atoms with E-state index in [-0.39, 0.29) is 23.4 Å². The lowest BCUT2D eigenvalue weighted by Gasteiger charge is -2.24. The number of hydrogen-bond donors (Lipinski definition) is 1. The van der Waals surface area contributed by atoms with E-state index in [9.17, 15) is 4.79 Å². The summed E-state index contributed by atoms with van der Waals surface area (Å²) in [6.45, 7) is 10.1. The van der Waals surface area contributed by atoms with Crippen LogP contribution < -0.4 is 5.32 Å². The van der Waals surface area contributed by atoms with E-state index in [1.165, 1.54) is 0 Å². The van der Waals surface area contributed by atoms with Gasteiger partial charge in [-0.15, -0.1) is 0 Å². The summed E-state index contributed by atoms with van der Waals surface area (Å²) in [7, 11) is 0. The minimum Gasteiger partial charge on any atom is -0.344 e. The van der Waals surface area contributed by atoms with E-state index in [0.29, 0.717) is 5.71 Å². The molecule has 0 aliphatic carbocycles. The number of hydrogen-bond acceptors (Lipinski definition) is 2. The van der Waals surface area contributed by atoms with Gasteiger partial charge in [0.05, 0.1) is 12.1 Å². The number of aliphatic imine (C=N–C) groups is 1. The second-order valence-corrected chi connectivity index (χ2v) is 7.42. The summed E-state index contributed by atoms with van der Waals surface area (Å²) in [6, 6.07) is 19.9. The van der Waals surface area contributed by atoms with Crippen LogP contribution in [0.5, 0.6) is 0 Å². The highest BCUT2D eigenvalue weighted by Gasteiger charge is 2.27. The molecule has 0 heterocycles. The molecule has 0 bridgehead atoms. The Balaban J connectivity index is 2.22. The molecule has 3 nitrogen and oxygen atoms in total. The van der Waals surface area contributed by atoms with E-state index in [0.717, 1.165) is 11.1 Å². The molecule has 3 heteroatoms. The van der Waals surface area contributed by atoms with Crippen molar-refractivity contribution in [3.63, 3.8) is 0 Å². The van der Waals surface area contributed by atoms with Crippen molar-refractivity contribution in [2.45, 2.75) is 46.7 Å². The predicted octanol–water partition coefficient (Wildman–Crippen LogP) is 5.11. The van der Waals surface area contributed by atoms with Crippen LogP contribution >= 0.6 is 0 Å². The quantitative estimate of drug-likeness (QED) is 0.757. The third-order valence-electron chi connectivity index (χ3n) is 4.18. The van der Waals surface area contributed by atoms with Gasteiger partial charge < -0.3 is 5.32 Å². The lowest BCUT2D eigenvalue weighted by molar-refractivity contribution is -0.115. The van der Waals surface area contributed by atoms with Gasteiger partial charge in [0, 0.05) is 5.41 Å². The van der Waals surface area contributed by atoms with Crippen molar-refractivity contribution < 1.29 is 4.79 Å². The molecule has 25 heavy (non-hydrogen) atoms. The van der Waals surface area contributed by atoms with Crippen LogP contribution in [0.3, 0.4) is 0 Å². The third kappa shape index (κ3) is 5.28. The minimum atomic E-state index is -0.330. The molecule has 0 aliphatic rings. The lowest BCUT2D eigenvalue weighted by atomic mass is 9.88. The molecule has 1 unspecified atom stereocenters. The molecule has 2 aromatic rings. The van der Waals surface area contributed by atoms with Crippen molar-refractivity contribution >= 4 is 11.6 Å². The van der Waals surface area contributed by atoms with Crippen molar-refractivity contribution in [2.24, 2.45) is 10.4 Å². The maximum atomic E-state index is 12.9. The van der Waals surface area contributed by atoms with E-state index >= 15 is 0 Å². The summed E-state index contributed by atoms with van der Waals surface area (Å²) in [5.74, 6) is -0.105. The fourth-order valence-electron chi connectivity index (χ4n) is 2.68. The molecule has 0 spiro atoms. The molecule has 2 atom stereocenters. The molecular formula is C22H28N2O. The minimum absolute atomic E-state index is 0.0618. The molecule has 0 aliphatic heterocycles. The second kappa shape index (κ2) is 8.11. The normalized spacial score (nSPS) is 14.7. The van der Waals surface area contributed by atoms with Crippen LogP contribution in [0.4, 0.5) is 0 Å². The maximum Gasteiger partial charge on any atom is 0.266 e. The molecule has 1 amide bonds. The largest absolute Gasteiger partial charge is 0.344 e. The summed E-state index contributed by atoms with van der Waals surface area (Å²) in [4.78, 5) is 17.7. The highest BCUT2D eigenvalue weighted by molar-refractivity contribution is 6.40. The Morgan fingerprint density at radius 2 is 1.36 bits per heavy atom. The average molecular weight is 336 g/mol. The number of benzene rings is 2. The number of carbonyl (C=O) groups is 1. The maximum absolute atomic E-state index is 12.9. The molecule has 132 valence electrons. The first-order valence-corrected chi connectivity index (χ1v) is 8.78. The number of amides is 1. The van der Waals surface area contributed by atoms with Crippen LogP contribution in [0.2, 0.25) is 0 Å². The van der Waals surface area contributed by atoms with Crippen molar-refractivity contribution in [2.75, 3.05) is 0 Å². The van der Waals surface area contributed by atoms with Gasteiger partial charge in [-0.1, -0.05) is 81.4 Å². The molecular weight excluding hydrogens is 308 g/mol. The second-order valence-electron chi connectivity index (χ2n) is 7.42. The molecule has 0 fully saturated rings. The van der Waals surface area contributed by atoms with Gasteiger partial charge in [-0.3, -0.25) is 9.79 Å². The summed E-state index contributed by atoms with van der Waals surface area (Å²) in [5, 5.41) is 3.09. The zero-order chi connectivity index (χ0) is 18.4. The number of nitrogens with zero attached hydrogens (tertiary/aromatic N) is 1. The monoisotopic (exact) mass is 336 g/mol. The summed E-state index contributed by atoms with van der Waals surface area (Å²) >= 11 is 0. The van der Waals surface area contributed by atoms with Crippen LogP contribution in [-0.4, -0.2) is 11.6 Å². The standard InChI is InChI=1S/C22H28N2O/c1-16(18-12-8-6-9-13-18)23-20(22(3,4)5)21(25)24-17(2)19-14-10-7-11-15-19/h6-17H,1-5H3,(H,24,25)/t16?,17-/m0/s1. The Bertz CT molecular complexity index is 715. The molecule has 2 rings (SSSR count). The zero-order valence-corrected chi connectivity index (χ0v) is 15.8. The van der Waals surface area contributed by atoms with E-state index in [2.05, 4.69) is 5.32 Å². The lowest BCUT2D eigenvalue weighted by Crippen LogP contribution is -2.40. The van der Waals surface area contributed by atoms with Crippen LogP contribution in [-0.2, 0) is 4.79 Å². The highest BCUT2D eigenvalue weighted by Crippen LogP contribution is 2.23. The summed E-state index contributed by atoms with van der Waals surface area (Å²) in [6.07, 6.45) is 0. The van der Waals surface area contributed by atoms with E-state index in [1.807, 2.05) is 95.3 Å². The van der Waals surface area contributed by atoms with Gasteiger partial charge >= 0.3 is 0 Å². The third-order valence-corrected chi connectivity index (χ3v) is 4.18. The van der Waals surface area contributed by atoms with E-state index in [4.69, 9.17) is 4.99 Å². The first kappa shape index (κ1) is 18.9. The summed E-state index contributed by atoms with van der Waals surface area (Å²) in [5.41, 5.74) is 2.43. The number of rotatable bonds is 5. The zero-order valence-electron chi connectivity index (χ0n) is 15.8. The van der Waals surface area contributed by atoms with Crippen molar-refractivity contribution in [3.05, 3.63) is 71.8 Å². The fourth-order valence-corrected chi connectivity index (χ4v) is 2.68. The van der Waals surface area contributed by atoms with E-state index in [1.54, 1.807) is 0 Å². The highest BCUT2D eigenvalue weighted by atomic mass is 16.2. The number of nitrogens with one attached hydrogen (secondary N) is 1. The van der Waals surface area contributed by atoms with Crippen LogP contribution in [0, 0.1) is 5.41 Å². The van der Waals surface area contributed by atoms with Gasteiger partial charge in [0.1, 0.15) is 5.71 Å². The molecule has 0 saturated carbocycles. The Labute approximate surface area is 151 Å². The Morgan fingerprint density at radius 3 is 1.84 bits per heavy atom. The van der Waals surface area contributed by atoms with Crippen LogP contribution in [0.1, 0.15) is 57.8 Å². The topological polar surface area (TPSA) is 41.5 Å². The first-order chi connectivity index (χ1) is 11.8. The van der Waals surface area contributed by atoms with Crippen molar-refractivity contribution in [1.29, 1.82) is 0 Å². The van der Waals surface area contributed by atoms with Gasteiger partial charge in [0.2, 0.25) is 0 Å². The van der Waals surface area contributed by atoms with Gasteiger partial charge in [-0.2, -0.15) is 0 Å². The Hall–Kier alpha value is -2.42. The molecule has 2 aromatic carbocycles. The molecule has 1 N–H and O–H groups in total. The smallest absolute Gasteiger partial charge is 0.266 e. The van der Waals surface area contributed by atoms with Crippen molar-refractivity contribution in [1.82, 2.24) is 5.32 Å². The first-order valence-electron chi connectivity index (χ1n) is 8.78. The van der Waals surface area contributed by atoms with Gasteiger partial charge in [-0.25, -0.2) is 0 Å². The van der Waals surface area contributed by atoms with Gasteiger partial charge in [-0.05, 0) is 25.0 Å². The van der Waals surface area contributed by atoms with Crippen LogP contribution in [0.25, 0.3) is 0 Å². The molecule has 0 radical (unpaired) electrons. The number of carbonyl (C=O) groups excluding carboxylic acids is 1. The fraction of sp³-hybridized carbons (Fsp3) is 0.364. The van der Waals surface area contributed by atoms with Gasteiger partial charge in [0.15, 0.2) is 0 Å². The Morgan fingerprint density at radius 1 is 0.880 bits per heavy atom. The molecule has 0 aromatic heterocycles. The Kier molecular flexibility index (Phi) is 6.13. The molecule has 0 saturated heterocycles. The van der Waals surface area contributed by atoms with Crippen LogP contribution in [0.15, 0.2) is 65.7 Å².